The van der Waals surface area contributed by atoms with Crippen LogP contribution >= 0.6 is 0 Å². The van der Waals surface area contributed by atoms with Crippen molar-refractivity contribution in [2.24, 2.45) is 0 Å². The molecule has 139 heavy (non-hydrogen) atoms. The van der Waals surface area contributed by atoms with E-state index in [9.17, 15) is 172 Å². The first kappa shape index (κ1) is 114. The fraction of sp³-hybridized carbons (Fsp3) is 0.923. The Morgan fingerprint density at radius 1 is 0.201 bits per heavy atom. The number of carbonyl (C=O) groups is 6. The number of aliphatic hydroxyl groups is 28. The van der Waals surface area contributed by atoms with Crippen molar-refractivity contribution in [1.29, 1.82) is 0 Å². The number of nitrogens with one attached hydrogen (secondary N) is 6. The molecule has 0 radical (unpaired) electrons. The van der Waals surface area contributed by atoms with E-state index >= 15 is 0 Å². The van der Waals surface area contributed by atoms with Gasteiger partial charge in [-0.1, -0.05) is 0 Å². The predicted molar refractivity (Wildman–Crippen MR) is 430 cm³/mol. The third-order valence-corrected chi connectivity index (χ3v) is 25.3. The van der Waals surface area contributed by atoms with Gasteiger partial charge in [-0.2, -0.15) is 0 Å². The molecule has 34 N–H and O–H groups in total. The largest absolute Gasteiger partial charge is 0.394 e. The Hall–Kier alpha value is -5.14. The summed E-state index contributed by atoms with van der Waals surface area (Å²) in [5.41, 5.74) is 0. The first-order valence-corrected chi connectivity index (χ1v) is 44.5. The topological polar surface area (TPSA) is 935 Å². The van der Waals surface area contributed by atoms with Crippen molar-refractivity contribution in [3.8, 4) is 0 Å². The van der Waals surface area contributed by atoms with Crippen LogP contribution in [0.15, 0.2) is 0 Å². The third kappa shape index (κ3) is 26.0. The zero-order chi connectivity index (χ0) is 102. The van der Waals surface area contributed by atoms with Crippen molar-refractivity contribution >= 4 is 35.4 Å². The molecule has 61 nitrogen and oxygen atoms in total. The standard InChI is InChI=1S/C78H130N6O55/c1-18-41(98)54(111)57(114)74(122-18)120-17-34-64(51(108)35(68(118)123-34)79-19(2)92)134-72-39(83-23(6)96)52(109)62(30(13-90)128-72)136-76-60(117)65(137-78-67(139-71-38(82-22(5)95)50(107)44(101)27(10-87)126-71)59(116)63(31(14-91)130-78)133-70-37(81-21(4)94)49(106)43(100)26(9-86)125-70)47(104)33(131-76)16-121-77-66(56(113)46(103)32(132-77)15-119-69-36(80-20(3)93)48(105)42(99)25(8-85)124-69)138-73-40(84-24(7)97)53(110)61(29(12-89)129-73)135-75-58(115)55(112)45(102)28(11-88)127-75/h18,25-78,85-91,98-118H,8-17H2,1-7H3,(H,79,92)(H,80,93)(H,81,94)(H,82,95)(H,83,96)(H,84,97)/t18-,25-,26-,27-,28-,29-,30-,31-,32-,33-,34-,35-,36-,37-,38-,39-,40-,41+,42-,43-,44-,45+,46-,47-,48-,49-,50-,51-,52-,53-,54+,55+,56+,57-,58-,59+,60+,61-,62-,63-,64-,65+,66+,67+,68-,69-,70+,71+,72+,73+,74+,75+,76+,77+,78-/m1/s1. The summed E-state index contributed by atoms with van der Waals surface area (Å²) in [4.78, 5) is 77.6. The van der Waals surface area contributed by atoms with Crippen molar-refractivity contribution in [3.63, 3.8) is 0 Å². The zero-order valence-corrected chi connectivity index (χ0v) is 75.4. The molecule has 0 aromatic heterocycles. The van der Waals surface area contributed by atoms with Gasteiger partial charge < -0.3 is 274 Å². The van der Waals surface area contributed by atoms with Gasteiger partial charge in [0.15, 0.2) is 69.2 Å². The summed E-state index contributed by atoms with van der Waals surface area (Å²) in [5.74, 6) is -5.68. The first-order chi connectivity index (χ1) is 65.6. The Balaban J connectivity index is 0.997. The summed E-state index contributed by atoms with van der Waals surface area (Å²) in [6.07, 6.45) is -105. The van der Waals surface area contributed by atoms with Crippen molar-refractivity contribution in [2.45, 2.75) is 386 Å². The molecule has 0 spiro atoms. The number of rotatable bonds is 36. The SMILES string of the molecule is CC(=O)N[C@@H]1[C@@H](O)[C@H](O[C@@H]2O[C@H](CO)[C@@H](O[C@@H]3O[C@H](CO[C@H]4O[C@H](CO[C@@H]5O[C@H](CO)[C@@H](O)[C@H](O)[C@H]5NC(C)=O)[C@@H](O)[C@H](O)[C@@H]4O[C@@H]4O[C@H](CO)[C@@H](O[C@@H]5O[C@H](CO)[C@H](O)[C@H](O)[C@H]5O)[C@H](O)[C@H]4NC(C)=O)[C@@H](O)[C@H](O[C@H]4O[C@H](CO)[C@@H](O[C@@H]5O[C@H](CO)[C@@H](O)[C@H](O)[C@H]5NC(C)=O)[C@H](O)[C@@H]4O[C@@H]4O[C@H](CO)[C@@H](O)[C@H](O)[C@H]4NC(C)=O)[C@@H]3O)[C@H](O)[C@H]2NC(C)=O)[C@@H](CO[C@H]2O[C@H](C)[C@H](O)[C@H](O)[C@H]2O)O[C@H]1O. The van der Waals surface area contributed by atoms with E-state index in [1.54, 1.807) is 0 Å². The fourth-order valence-electron chi connectivity index (χ4n) is 18.0. The number of aliphatic hydroxyl groups excluding tert-OH is 28. The number of carbonyl (C=O) groups excluding carboxylic acids is 6. The second-order valence-corrected chi connectivity index (χ2v) is 35.3. The summed E-state index contributed by atoms with van der Waals surface area (Å²) in [7, 11) is 0. The van der Waals surface area contributed by atoms with E-state index in [0.717, 1.165) is 41.5 Å². The van der Waals surface area contributed by atoms with Crippen LogP contribution in [0.2, 0.25) is 0 Å². The molecule has 0 aromatic rings. The van der Waals surface area contributed by atoms with Crippen LogP contribution in [-0.4, -0.2) is 582 Å². The van der Waals surface area contributed by atoms with Crippen LogP contribution in [-0.2, 0) is 128 Å². The number of amides is 6. The monoisotopic (exact) mass is 2030 g/mol. The van der Waals surface area contributed by atoms with E-state index in [1.807, 2.05) is 0 Å². The minimum Gasteiger partial charge on any atom is -0.394 e. The van der Waals surface area contributed by atoms with E-state index in [4.69, 9.17) is 99.5 Å². The van der Waals surface area contributed by atoms with Crippen LogP contribution < -0.4 is 31.9 Å². The highest BCUT2D eigenvalue weighted by molar-refractivity contribution is 5.75. The van der Waals surface area contributed by atoms with Crippen molar-refractivity contribution in [2.75, 3.05) is 66.1 Å². The zero-order valence-electron chi connectivity index (χ0n) is 75.4. The lowest BCUT2D eigenvalue weighted by Gasteiger charge is -2.52. The van der Waals surface area contributed by atoms with Gasteiger partial charge in [0.2, 0.25) is 35.4 Å². The molecule has 11 heterocycles. The van der Waals surface area contributed by atoms with Gasteiger partial charge in [0.1, 0.15) is 262 Å². The molecule has 11 rings (SSSR count). The molecule has 0 aliphatic carbocycles. The minimum absolute atomic E-state index is 0.856. The molecular weight excluding hydrogens is 1900 g/mol. The van der Waals surface area contributed by atoms with E-state index in [0.29, 0.717) is 0 Å². The molecule has 0 unspecified atom stereocenters. The first-order valence-electron chi connectivity index (χ1n) is 44.5. The van der Waals surface area contributed by atoms with Crippen molar-refractivity contribution in [3.05, 3.63) is 0 Å². The highest BCUT2D eigenvalue weighted by Gasteiger charge is 2.63. The lowest BCUT2D eigenvalue weighted by atomic mass is 9.93. The Bertz CT molecular complexity index is 3900. The second kappa shape index (κ2) is 50.0. The molecule has 11 aliphatic heterocycles. The minimum atomic E-state index is -2.76. The summed E-state index contributed by atoms with van der Waals surface area (Å²) >= 11 is 0. The van der Waals surface area contributed by atoms with Crippen LogP contribution in [0.3, 0.4) is 0 Å². The fourth-order valence-corrected chi connectivity index (χ4v) is 18.0. The van der Waals surface area contributed by atoms with Gasteiger partial charge in [-0.15, -0.1) is 0 Å². The van der Waals surface area contributed by atoms with Gasteiger partial charge in [-0.25, -0.2) is 0 Å². The summed E-state index contributed by atoms with van der Waals surface area (Å²) in [6, 6.07) is -11.5. The molecule has 6 amide bonds. The number of hydrogen-bond donors (Lipinski definition) is 34. The lowest BCUT2D eigenvalue weighted by Crippen LogP contribution is -2.71. The average Bonchev–Trinajstić information content (AvgIpc) is 0.757. The van der Waals surface area contributed by atoms with E-state index < -0.39 is 439 Å². The average molecular weight is 2030 g/mol. The van der Waals surface area contributed by atoms with Crippen LogP contribution in [0, 0.1) is 0 Å². The molecule has 0 bridgehead atoms. The van der Waals surface area contributed by atoms with Crippen molar-refractivity contribution in [1.82, 2.24) is 31.9 Å². The quantitative estimate of drug-likeness (QED) is 0.0277. The Morgan fingerprint density at radius 2 is 0.460 bits per heavy atom. The van der Waals surface area contributed by atoms with Gasteiger partial charge in [0.25, 0.3) is 0 Å². The molecule has 55 atom stereocenters. The molecule has 11 aliphatic rings. The highest BCUT2D eigenvalue weighted by atomic mass is 16.8. The Labute approximate surface area is 788 Å². The molecule has 61 heteroatoms. The van der Waals surface area contributed by atoms with E-state index in [2.05, 4.69) is 31.9 Å². The molecule has 11 saturated heterocycles. The normalized spacial score (nSPS) is 48.3. The Morgan fingerprint density at radius 3 is 0.885 bits per heavy atom. The van der Waals surface area contributed by atoms with Gasteiger partial charge in [0, 0.05) is 41.5 Å². The van der Waals surface area contributed by atoms with E-state index in [-0.39, 0.29) is 0 Å². The van der Waals surface area contributed by atoms with Crippen LogP contribution in [0.1, 0.15) is 48.5 Å². The van der Waals surface area contributed by atoms with Crippen LogP contribution in [0.5, 0.6) is 0 Å². The summed E-state index contributed by atoms with van der Waals surface area (Å²) in [5, 5.41) is 333. The molecule has 802 valence electrons. The predicted octanol–water partition coefficient (Wildman–Crippen LogP) is -23.1. The van der Waals surface area contributed by atoms with Crippen LogP contribution in [0.4, 0.5) is 0 Å². The van der Waals surface area contributed by atoms with E-state index in [1.165, 1.54) is 6.92 Å². The van der Waals surface area contributed by atoms with Crippen molar-refractivity contribution < 1.29 is 271 Å². The smallest absolute Gasteiger partial charge is 0.217 e. The van der Waals surface area contributed by atoms with Gasteiger partial charge in [-0.05, 0) is 6.92 Å². The van der Waals surface area contributed by atoms with Gasteiger partial charge >= 0.3 is 0 Å². The van der Waals surface area contributed by atoms with Crippen LogP contribution in [0.25, 0.3) is 0 Å². The summed E-state index contributed by atoms with van der Waals surface area (Å²) < 4.78 is 127. The highest BCUT2D eigenvalue weighted by Crippen LogP contribution is 2.42. The molecular formula is C78H130N6O55. The third-order valence-electron chi connectivity index (χ3n) is 25.3. The maximum atomic E-state index is 13.5. The molecule has 0 saturated carbocycles. The number of ether oxygens (including phenoxy) is 21. The number of hydrogen-bond acceptors (Lipinski definition) is 55. The molecule has 11 fully saturated rings. The maximum Gasteiger partial charge on any atom is 0.217 e. The van der Waals surface area contributed by atoms with Gasteiger partial charge in [-0.3, -0.25) is 28.8 Å². The second-order valence-electron chi connectivity index (χ2n) is 35.3. The lowest BCUT2D eigenvalue weighted by molar-refractivity contribution is -0.403. The van der Waals surface area contributed by atoms with Gasteiger partial charge in [0.05, 0.1) is 72.2 Å². The maximum absolute atomic E-state index is 13.5. The molecule has 0 aromatic carbocycles. The Kier molecular flexibility index (Phi) is 41.1. The summed E-state index contributed by atoms with van der Waals surface area (Å²) in [6.45, 7) is -4.55.